The Kier molecular flexibility index (Phi) is 7.16. The van der Waals surface area contributed by atoms with Crippen LogP contribution < -0.4 is 15.9 Å². The SMILES string of the molecule is CCOC(=O)C(C)P(Br)(c1ccccc1)(c1ccccc1)c1ccccc1.O. The molecule has 3 aromatic rings. The first-order valence-corrected chi connectivity index (χ1v) is 13.4. The molecule has 0 bridgehead atoms. The van der Waals surface area contributed by atoms with Gasteiger partial charge in [0.1, 0.15) is 0 Å². The van der Waals surface area contributed by atoms with Gasteiger partial charge >= 0.3 is 169 Å². The number of ether oxygens (including phenoxy) is 1. The van der Waals surface area contributed by atoms with Gasteiger partial charge in [-0.3, -0.25) is 0 Å². The summed E-state index contributed by atoms with van der Waals surface area (Å²) in [6, 6.07) is 30.9. The zero-order chi connectivity index (χ0) is 19.4. The predicted octanol–water partition coefficient (Wildman–Crippen LogP) is 3.95. The van der Waals surface area contributed by atoms with Crippen LogP contribution in [0.15, 0.2) is 91.0 Å². The molecule has 0 amide bonds. The molecule has 0 aromatic heterocycles. The predicted molar refractivity (Wildman–Crippen MR) is 124 cm³/mol. The van der Waals surface area contributed by atoms with Crippen LogP contribution in [0.2, 0.25) is 0 Å². The van der Waals surface area contributed by atoms with E-state index in [1.807, 2.05) is 68.4 Å². The topological polar surface area (TPSA) is 57.8 Å². The van der Waals surface area contributed by atoms with Gasteiger partial charge in [0.2, 0.25) is 0 Å². The van der Waals surface area contributed by atoms with Crippen LogP contribution in [0.4, 0.5) is 0 Å². The smallest absolute Gasteiger partial charge is 0.412 e. The number of benzene rings is 3. The van der Waals surface area contributed by atoms with Crippen LogP contribution in [0.5, 0.6) is 0 Å². The van der Waals surface area contributed by atoms with Crippen LogP contribution in [-0.4, -0.2) is 23.7 Å². The molecular formula is C23H26BrO3P. The molecule has 1 atom stereocenters. The van der Waals surface area contributed by atoms with Crippen molar-refractivity contribution in [1.29, 1.82) is 0 Å². The van der Waals surface area contributed by atoms with Crippen molar-refractivity contribution < 1.29 is 15.0 Å². The Labute approximate surface area is 174 Å². The normalized spacial score (nSPS) is 13.5. The minimum Gasteiger partial charge on any atom is -0.412 e. The molecule has 3 nitrogen and oxygen atoms in total. The summed E-state index contributed by atoms with van der Waals surface area (Å²) in [5, 5.41) is 0.0301. The van der Waals surface area contributed by atoms with E-state index in [1.165, 1.54) is 0 Å². The summed E-state index contributed by atoms with van der Waals surface area (Å²) in [5.74, 6) is -0.191. The quantitative estimate of drug-likeness (QED) is 0.412. The Hall–Kier alpha value is -2.00. The molecule has 0 aliphatic carbocycles. The number of carbonyl (C=O) groups is 1. The van der Waals surface area contributed by atoms with Gasteiger partial charge in [-0.2, -0.15) is 0 Å². The molecule has 28 heavy (non-hydrogen) atoms. The molecule has 0 radical (unpaired) electrons. The molecule has 0 saturated heterocycles. The zero-order valence-electron chi connectivity index (χ0n) is 16.1. The number of hydrogen-bond acceptors (Lipinski definition) is 2. The molecule has 0 aliphatic heterocycles. The molecule has 3 aromatic carbocycles. The molecule has 0 heterocycles. The molecule has 5 heteroatoms. The van der Waals surface area contributed by atoms with Crippen LogP contribution in [-0.2, 0) is 9.53 Å². The standard InChI is InChI=1S/C23H24BrO2P.H2O/c1-3-26-23(25)19(2)27(24,20-13-7-4-8-14-20,21-15-9-5-10-16-21)22-17-11-6-12-18-22;/h4-19H,3H2,1-2H3;1H2. The number of hydrogen-bond donors (Lipinski definition) is 0. The Morgan fingerprint density at radius 1 is 0.821 bits per heavy atom. The van der Waals surface area contributed by atoms with Gasteiger partial charge in [-0.1, -0.05) is 0 Å². The molecule has 2 N–H and O–H groups in total. The molecule has 148 valence electrons. The van der Waals surface area contributed by atoms with Gasteiger partial charge in [-0.05, 0) is 0 Å². The van der Waals surface area contributed by atoms with Crippen molar-refractivity contribution in [2.24, 2.45) is 0 Å². The minimum absolute atomic E-state index is 0. The van der Waals surface area contributed by atoms with Gasteiger partial charge in [0, 0.05) is 0 Å². The number of rotatable bonds is 6. The first-order valence-electron chi connectivity index (χ1n) is 9.10. The van der Waals surface area contributed by atoms with E-state index in [-0.39, 0.29) is 17.1 Å². The van der Waals surface area contributed by atoms with Crippen molar-refractivity contribution >= 4 is 42.7 Å². The number of carbonyl (C=O) groups excluding carboxylic acids is 1. The van der Waals surface area contributed by atoms with Crippen molar-refractivity contribution in [1.82, 2.24) is 0 Å². The largest absolute Gasteiger partial charge is 0.412 e. The van der Waals surface area contributed by atoms with Crippen molar-refractivity contribution in [3.63, 3.8) is 0 Å². The van der Waals surface area contributed by atoms with Crippen molar-refractivity contribution in [3.8, 4) is 0 Å². The van der Waals surface area contributed by atoms with E-state index in [2.05, 4.69) is 51.9 Å². The van der Waals surface area contributed by atoms with E-state index in [9.17, 15) is 4.79 Å². The van der Waals surface area contributed by atoms with Gasteiger partial charge in [0.15, 0.2) is 0 Å². The maximum atomic E-state index is 13.1. The summed E-state index contributed by atoms with van der Waals surface area (Å²) in [7, 11) is 0. The van der Waals surface area contributed by atoms with Gasteiger partial charge in [-0.15, -0.1) is 0 Å². The van der Waals surface area contributed by atoms with Gasteiger partial charge in [0.25, 0.3) is 0 Å². The Bertz CT molecular complexity index is 801. The third kappa shape index (κ3) is 3.41. The maximum Gasteiger partial charge on any atom is -0.412 e. The van der Waals surface area contributed by atoms with Crippen molar-refractivity contribution in [3.05, 3.63) is 91.0 Å². The Morgan fingerprint density at radius 3 is 1.43 bits per heavy atom. The zero-order valence-corrected chi connectivity index (χ0v) is 18.6. The van der Waals surface area contributed by atoms with Crippen LogP contribution >= 0.6 is 20.8 Å². The fourth-order valence-corrected chi connectivity index (χ4v) is 11.3. The van der Waals surface area contributed by atoms with E-state index < -0.39 is 5.31 Å². The second kappa shape index (κ2) is 9.00. The summed E-state index contributed by atoms with van der Waals surface area (Å²) in [6.07, 6.45) is 0. The summed E-state index contributed by atoms with van der Waals surface area (Å²) in [4.78, 5) is 13.1. The van der Waals surface area contributed by atoms with Crippen LogP contribution in [0.3, 0.4) is 0 Å². The molecule has 1 unspecified atom stereocenters. The fourth-order valence-electron chi connectivity index (χ4n) is 3.74. The van der Waals surface area contributed by atoms with E-state index in [1.54, 1.807) is 0 Å². The first-order chi connectivity index (χ1) is 13.0. The van der Waals surface area contributed by atoms with E-state index in [4.69, 9.17) is 4.74 Å². The molecular weight excluding hydrogens is 435 g/mol. The summed E-state index contributed by atoms with van der Waals surface area (Å²) >= 11 is 4.28. The fraction of sp³-hybridized carbons (Fsp3) is 0.174. The summed E-state index contributed by atoms with van der Waals surface area (Å²) < 4.78 is 5.50. The Balaban J connectivity index is 0.00000280. The molecule has 0 saturated carbocycles. The summed E-state index contributed by atoms with van der Waals surface area (Å²) in [5.41, 5.74) is -0.386. The monoisotopic (exact) mass is 460 g/mol. The average molecular weight is 461 g/mol. The summed E-state index contributed by atoms with van der Waals surface area (Å²) in [6.45, 7) is 4.19. The van der Waals surface area contributed by atoms with E-state index in [0.29, 0.717) is 6.61 Å². The average Bonchev–Trinajstić information content (AvgIpc) is 2.75. The molecule has 0 spiro atoms. The minimum atomic E-state index is -3.31. The van der Waals surface area contributed by atoms with Crippen LogP contribution in [0.1, 0.15) is 13.8 Å². The van der Waals surface area contributed by atoms with Gasteiger partial charge in [-0.25, -0.2) is 0 Å². The molecule has 0 aliphatic rings. The molecule has 3 rings (SSSR count). The van der Waals surface area contributed by atoms with E-state index >= 15 is 0 Å². The van der Waals surface area contributed by atoms with E-state index in [0.717, 1.165) is 15.9 Å². The second-order valence-corrected chi connectivity index (χ2v) is 15.4. The van der Waals surface area contributed by atoms with Crippen LogP contribution in [0, 0.1) is 0 Å². The molecule has 0 fully saturated rings. The van der Waals surface area contributed by atoms with Crippen molar-refractivity contribution in [2.75, 3.05) is 6.61 Å². The van der Waals surface area contributed by atoms with Crippen molar-refractivity contribution in [2.45, 2.75) is 19.5 Å². The number of halogens is 1. The van der Waals surface area contributed by atoms with Gasteiger partial charge < -0.3 is 5.48 Å². The van der Waals surface area contributed by atoms with Gasteiger partial charge in [0.05, 0.1) is 0 Å². The second-order valence-electron chi connectivity index (χ2n) is 6.51. The third-order valence-corrected chi connectivity index (χ3v) is 16.3. The number of esters is 1. The Morgan fingerprint density at radius 2 is 1.14 bits per heavy atom. The maximum absolute atomic E-state index is 13.1. The van der Waals surface area contributed by atoms with Crippen LogP contribution in [0.25, 0.3) is 0 Å². The third-order valence-electron chi connectivity index (χ3n) is 5.14. The first kappa shape index (κ1) is 22.3.